The molecule has 3 rings (SSSR count). The summed E-state index contributed by atoms with van der Waals surface area (Å²) in [5, 5.41) is 0. The van der Waals surface area contributed by atoms with Crippen molar-refractivity contribution < 1.29 is 32.7 Å². The van der Waals surface area contributed by atoms with Crippen LogP contribution >= 0.6 is 7.82 Å². The number of phosphoric ester groups is 1. The van der Waals surface area contributed by atoms with Crippen molar-refractivity contribution in [2.45, 2.75) is 31.6 Å². The minimum absolute atomic E-state index is 0.0433. The molecule has 6 nitrogen and oxygen atoms in total. The number of ether oxygens (including phenoxy) is 2. The molecule has 1 aromatic carbocycles. The number of halogens is 1. The summed E-state index contributed by atoms with van der Waals surface area (Å²) in [5.41, 5.74) is 1.34. The van der Waals surface area contributed by atoms with Crippen molar-refractivity contribution in [1.82, 2.24) is 0 Å². The number of hydrogen-bond donors (Lipinski definition) is 2. The predicted molar refractivity (Wildman–Crippen MR) is 70.9 cm³/mol. The average Bonchev–Trinajstić information content (AvgIpc) is 3.14. The molecule has 1 aliphatic heterocycles. The van der Waals surface area contributed by atoms with Gasteiger partial charge in [0, 0.05) is 17.0 Å². The van der Waals surface area contributed by atoms with Gasteiger partial charge >= 0.3 is 7.82 Å². The van der Waals surface area contributed by atoms with E-state index in [9.17, 15) is 8.96 Å². The van der Waals surface area contributed by atoms with Crippen LogP contribution < -0.4 is 9.47 Å². The van der Waals surface area contributed by atoms with Gasteiger partial charge in [0.05, 0.1) is 6.61 Å². The summed E-state index contributed by atoms with van der Waals surface area (Å²) in [4.78, 5) is 17.4. The highest BCUT2D eigenvalue weighted by atomic mass is 31.2. The minimum Gasteiger partial charge on any atom is -0.489 e. The molecule has 0 radical (unpaired) electrons. The highest BCUT2D eigenvalue weighted by molar-refractivity contribution is 7.46. The molecule has 1 heterocycles. The third-order valence-electron chi connectivity index (χ3n) is 3.66. The molecule has 21 heavy (non-hydrogen) atoms. The highest BCUT2D eigenvalue weighted by Gasteiger charge is 2.35. The topological polar surface area (TPSA) is 85.2 Å². The summed E-state index contributed by atoms with van der Waals surface area (Å²) in [6, 6.07) is 1.39. The van der Waals surface area contributed by atoms with Crippen LogP contribution in [0.4, 0.5) is 4.39 Å². The molecule has 0 spiro atoms. The minimum atomic E-state index is -4.60. The molecule has 0 bridgehead atoms. The van der Waals surface area contributed by atoms with Crippen molar-refractivity contribution >= 4 is 7.82 Å². The van der Waals surface area contributed by atoms with Gasteiger partial charge in [-0.1, -0.05) is 6.92 Å². The number of fused-ring (bicyclic) bond motifs is 1. The van der Waals surface area contributed by atoms with E-state index in [1.807, 2.05) is 6.92 Å². The summed E-state index contributed by atoms with van der Waals surface area (Å²) in [5.74, 6) is 0.367. The van der Waals surface area contributed by atoms with E-state index in [-0.39, 0.29) is 17.6 Å². The number of phosphoric acid groups is 1. The molecule has 1 unspecified atom stereocenters. The summed E-state index contributed by atoms with van der Waals surface area (Å²) < 4.78 is 39.9. The predicted octanol–water partition coefficient (Wildman–Crippen LogP) is 2.64. The Balaban J connectivity index is 1.93. The lowest BCUT2D eigenvalue weighted by molar-refractivity contribution is 0.0813. The number of benzene rings is 1. The van der Waals surface area contributed by atoms with E-state index >= 15 is 0 Å². The molecule has 1 saturated carbocycles. The van der Waals surface area contributed by atoms with Gasteiger partial charge in [0.1, 0.15) is 5.75 Å². The van der Waals surface area contributed by atoms with E-state index in [0.29, 0.717) is 17.9 Å². The fourth-order valence-electron chi connectivity index (χ4n) is 2.55. The van der Waals surface area contributed by atoms with Crippen LogP contribution in [-0.2, 0) is 9.09 Å². The van der Waals surface area contributed by atoms with Gasteiger partial charge in [0.15, 0.2) is 18.4 Å². The maximum absolute atomic E-state index is 14.1. The zero-order valence-electron chi connectivity index (χ0n) is 11.4. The van der Waals surface area contributed by atoms with E-state index in [2.05, 4.69) is 4.52 Å². The van der Waals surface area contributed by atoms with Crippen molar-refractivity contribution in [3.8, 4) is 11.5 Å². The van der Waals surface area contributed by atoms with Crippen molar-refractivity contribution in [2.24, 2.45) is 0 Å². The molecule has 1 atom stereocenters. The molecule has 1 fully saturated rings. The van der Waals surface area contributed by atoms with Gasteiger partial charge in [0.25, 0.3) is 0 Å². The normalized spacial score (nSPS) is 21.0. The molecule has 2 N–H and O–H groups in total. The molecule has 0 saturated heterocycles. The second-order valence-corrected chi connectivity index (χ2v) is 6.63. The maximum Gasteiger partial charge on any atom is 0.472 e. The molecular weight excluding hydrogens is 302 g/mol. The fraction of sp³-hybridized carbons (Fsp3) is 0.538. The van der Waals surface area contributed by atoms with E-state index in [1.54, 1.807) is 0 Å². The lowest BCUT2D eigenvalue weighted by atomic mass is 9.97. The summed E-state index contributed by atoms with van der Waals surface area (Å²) >= 11 is 0. The van der Waals surface area contributed by atoms with Crippen LogP contribution in [0.2, 0.25) is 0 Å². The molecular formula is C13H16FO6P. The van der Waals surface area contributed by atoms with Gasteiger partial charge in [-0.25, -0.2) is 13.5 Å². The molecule has 0 amide bonds. The Labute approximate surface area is 121 Å². The van der Waals surface area contributed by atoms with Gasteiger partial charge in [-0.15, -0.1) is 0 Å². The maximum atomic E-state index is 14.1. The zero-order chi connectivity index (χ0) is 15.2. The third-order valence-corrected chi connectivity index (χ3v) is 4.10. The quantitative estimate of drug-likeness (QED) is 0.641. The standard InChI is InChI=1S/C13H16FO6P/c1-7-5-18-13-10(14)4-9(8-2-3-8)12(11(7)13)19-6-20-21(15,16)17/h4,7-8H,2-3,5-6H2,1H3,(H2,15,16,17). The summed E-state index contributed by atoms with van der Waals surface area (Å²) in [6.45, 7) is 1.66. The van der Waals surface area contributed by atoms with Gasteiger partial charge in [-0.2, -0.15) is 0 Å². The van der Waals surface area contributed by atoms with Gasteiger partial charge in [-0.3, -0.25) is 0 Å². The van der Waals surface area contributed by atoms with Crippen molar-refractivity contribution in [2.75, 3.05) is 13.4 Å². The first-order chi connectivity index (χ1) is 9.87. The second kappa shape index (κ2) is 5.25. The largest absolute Gasteiger partial charge is 0.489 e. The van der Waals surface area contributed by atoms with Gasteiger partial charge in [0.2, 0.25) is 0 Å². The Hall–Kier alpha value is -1.14. The van der Waals surface area contributed by atoms with Crippen LogP contribution in [0.1, 0.15) is 42.7 Å². The Morgan fingerprint density at radius 1 is 1.48 bits per heavy atom. The monoisotopic (exact) mass is 318 g/mol. The SMILES string of the molecule is CC1COc2c(F)cc(C3CC3)c(OCOP(=O)(O)O)c21. The van der Waals surface area contributed by atoms with Crippen LogP contribution in [0.15, 0.2) is 6.07 Å². The molecule has 8 heteroatoms. The van der Waals surface area contributed by atoms with Crippen LogP contribution in [0.5, 0.6) is 11.5 Å². The Kier molecular flexibility index (Phi) is 3.69. The lowest BCUT2D eigenvalue weighted by Gasteiger charge is -2.17. The smallest absolute Gasteiger partial charge is 0.472 e. The molecule has 2 aliphatic rings. The van der Waals surface area contributed by atoms with Crippen molar-refractivity contribution in [1.29, 1.82) is 0 Å². The van der Waals surface area contributed by atoms with Gasteiger partial charge in [-0.05, 0) is 24.8 Å². The lowest BCUT2D eigenvalue weighted by Crippen LogP contribution is -2.06. The highest BCUT2D eigenvalue weighted by Crippen LogP contribution is 2.52. The fourth-order valence-corrected chi connectivity index (χ4v) is 2.74. The van der Waals surface area contributed by atoms with E-state index in [4.69, 9.17) is 19.3 Å². The van der Waals surface area contributed by atoms with E-state index in [1.165, 1.54) is 6.07 Å². The Bertz CT molecular complexity index is 609. The van der Waals surface area contributed by atoms with E-state index < -0.39 is 20.4 Å². The second-order valence-electron chi connectivity index (χ2n) is 5.39. The average molecular weight is 318 g/mol. The number of hydrogen-bond acceptors (Lipinski definition) is 4. The Morgan fingerprint density at radius 2 is 2.19 bits per heavy atom. The molecule has 0 aromatic heterocycles. The van der Waals surface area contributed by atoms with Crippen molar-refractivity contribution in [3.05, 3.63) is 23.0 Å². The first-order valence-corrected chi connectivity index (χ1v) is 8.22. The summed E-state index contributed by atoms with van der Waals surface area (Å²) in [6.07, 6.45) is 1.90. The molecule has 1 aliphatic carbocycles. The molecule has 1 aromatic rings. The number of rotatable bonds is 5. The third kappa shape index (κ3) is 3.06. The summed E-state index contributed by atoms with van der Waals surface area (Å²) in [7, 11) is -4.60. The van der Waals surface area contributed by atoms with Crippen LogP contribution in [-0.4, -0.2) is 23.2 Å². The van der Waals surface area contributed by atoms with Crippen LogP contribution in [0.25, 0.3) is 0 Å². The van der Waals surface area contributed by atoms with Crippen LogP contribution in [0.3, 0.4) is 0 Å². The molecule has 116 valence electrons. The Morgan fingerprint density at radius 3 is 2.81 bits per heavy atom. The van der Waals surface area contributed by atoms with Gasteiger partial charge < -0.3 is 19.3 Å². The zero-order valence-corrected chi connectivity index (χ0v) is 12.3. The first kappa shape index (κ1) is 14.8. The first-order valence-electron chi connectivity index (χ1n) is 6.69. The van der Waals surface area contributed by atoms with Crippen molar-refractivity contribution in [3.63, 3.8) is 0 Å². The van der Waals surface area contributed by atoms with E-state index in [0.717, 1.165) is 18.4 Å². The van der Waals surface area contributed by atoms with Crippen LogP contribution in [0, 0.1) is 5.82 Å².